The van der Waals surface area contributed by atoms with E-state index in [2.05, 4.69) is 15.3 Å². The smallest absolute Gasteiger partial charge is 0.271 e. The van der Waals surface area contributed by atoms with Gasteiger partial charge in [0, 0.05) is 23.3 Å². The van der Waals surface area contributed by atoms with Gasteiger partial charge < -0.3 is 10.1 Å². The van der Waals surface area contributed by atoms with Crippen LogP contribution in [0.4, 0.5) is 0 Å². The maximum absolute atomic E-state index is 12.4. The van der Waals surface area contributed by atoms with E-state index in [4.69, 9.17) is 4.74 Å². The van der Waals surface area contributed by atoms with Gasteiger partial charge in [0.1, 0.15) is 23.1 Å². The first kappa shape index (κ1) is 18.1. The third kappa shape index (κ3) is 4.26. The Labute approximate surface area is 157 Å². The van der Waals surface area contributed by atoms with Gasteiger partial charge in [-0.3, -0.25) is 9.78 Å². The van der Waals surface area contributed by atoms with Crippen LogP contribution in [0.2, 0.25) is 0 Å². The first-order chi connectivity index (χ1) is 12.5. The first-order valence-electron chi connectivity index (χ1n) is 8.40. The lowest BCUT2D eigenvalue weighted by Crippen LogP contribution is -2.37. The highest BCUT2D eigenvalue weighted by Gasteiger charge is 2.15. The molecule has 0 spiro atoms. The van der Waals surface area contributed by atoms with Crippen molar-refractivity contribution in [3.63, 3.8) is 0 Å². The normalized spacial score (nSPS) is 11.8. The zero-order valence-corrected chi connectivity index (χ0v) is 15.8. The van der Waals surface area contributed by atoms with Gasteiger partial charge in [0.2, 0.25) is 0 Å². The minimum absolute atomic E-state index is 0.134. The molecule has 0 aliphatic carbocycles. The highest BCUT2D eigenvalue weighted by atomic mass is 32.1. The van der Waals surface area contributed by atoms with E-state index in [1.54, 1.807) is 17.8 Å². The molecule has 2 heterocycles. The molecule has 0 saturated heterocycles. The zero-order chi connectivity index (χ0) is 18.5. The molecule has 134 valence electrons. The summed E-state index contributed by atoms with van der Waals surface area (Å²) in [6.45, 7) is 6.35. The highest BCUT2D eigenvalue weighted by Crippen LogP contribution is 2.23. The molecule has 26 heavy (non-hydrogen) atoms. The number of hydrogen-bond acceptors (Lipinski definition) is 5. The van der Waals surface area contributed by atoms with Gasteiger partial charge in [-0.25, -0.2) is 4.98 Å². The van der Waals surface area contributed by atoms with Gasteiger partial charge in [-0.2, -0.15) is 0 Å². The molecular weight excluding hydrogens is 346 g/mol. The van der Waals surface area contributed by atoms with Crippen molar-refractivity contribution in [2.45, 2.75) is 26.8 Å². The van der Waals surface area contributed by atoms with Gasteiger partial charge in [0.25, 0.3) is 5.91 Å². The van der Waals surface area contributed by atoms with Gasteiger partial charge >= 0.3 is 0 Å². The van der Waals surface area contributed by atoms with Crippen LogP contribution >= 0.6 is 11.3 Å². The SMILES string of the molecule is Cc1cccc(C)c1OCC(C)NC(=O)c1csc(-c2cccnc2)n1. The molecule has 6 heteroatoms. The predicted molar refractivity (Wildman–Crippen MR) is 104 cm³/mol. The molecule has 1 aromatic carbocycles. The number of para-hydroxylation sites is 1. The van der Waals surface area contributed by atoms with Crippen LogP contribution in [0.3, 0.4) is 0 Å². The number of aryl methyl sites for hydroxylation is 2. The molecule has 5 nitrogen and oxygen atoms in total. The fourth-order valence-electron chi connectivity index (χ4n) is 2.57. The van der Waals surface area contributed by atoms with Gasteiger partial charge in [0.05, 0.1) is 6.04 Å². The number of nitrogens with zero attached hydrogens (tertiary/aromatic N) is 2. The van der Waals surface area contributed by atoms with Crippen LogP contribution in [0.25, 0.3) is 10.6 Å². The molecule has 1 unspecified atom stereocenters. The van der Waals surface area contributed by atoms with Gasteiger partial charge in [-0.05, 0) is 44.0 Å². The van der Waals surface area contributed by atoms with Gasteiger partial charge in [-0.15, -0.1) is 11.3 Å². The Morgan fingerprint density at radius 1 is 1.23 bits per heavy atom. The molecule has 0 radical (unpaired) electrons. The van der Waals surface area contributed by atoms with E-state index >= 15 is 0 Å². The average Bonchev–Trinajstić information content (AvgIpc) is 3.12. The molecule has 0 fully saturated rings. The number of carbonyl (C=O) groups is 1. The summed E-state index contributed by atoms with van der Waals surface area (Å²) in [7, 11) is 0. The van der Waals surface area contributed by atoms with Crippen molar-refractivity contribution in [1.82, 2.24) is 15.3 Å². The number of ether oxygens (including phenoxy) is 1. The highest BCUT2D eigenvalue weighted by molar-refractivity contribution is 7.13. The maximum Gasteiger partial charge on any atom is 0.271 e. The van der Waals surface area contributed by atoms with Crippen LogP contribution < -0.4 is 10.1 Å². The predicted octanol–water partition coefficient (Wildman–Crippen LogP) is 4.02. The largest absolute Gasteiger partial charge is 0.491 e. The van der Waals surface area contributed by atoms with Crippen molar-refractivity contribution < 1.29 is 9.53 Å². The Hall–Kier alpha value is -2.73. The molecule has 0 saturated carbocycles. The minimum atomic E-state index is -0.200. The summed E-state index contributed by atoms with van der Waals surface area (Å²) in [5, 5.41) is 5.48. The quantitative estimate of drug-likeness (QED) is 0.715. The number of nitrogens with one attached hydrogen (secondary N) is 1. The third-order valence-corrected chi connectivity index (χ3v) is 4.80. The molecule has 3 aromatic rings. The molecule has 3 rings (SSSR count). The summed E-state index contributed by atoms with van der Waals surface area (Å²) in [6.07, 6.45) is 3.45. The summed E-state index contributed by atoms with van der Waals surface area (Å²) in [4.78, 5) is 20.9. The molecule has 1 atom stereocenters. The van der Waals surface area contributed by atoms with Crippen LogP contribution in [0, 0.1) is 13.8 Å². The number of rotatable bonds is 6. The van der Waals surface area contributed by atoms with Gasteiger partial charge in [-0.1, -0.05) is 18.2 Å². The Balaban J connectivity index is 1.59. The monoisotopic (exact) mass is 367 g/mol. The van der Waals surface area contributed by atoms with E-state index in [1.807, 2.05) is 51.1 Å². The number of carbonyl (C=O) groups excluding carboxylic acids is 1. The summed E-state index contributed by atoms with van der Waals surface area (Å²) in [6, 6.07) is 9.68. The number of hydrogen-bond donors (Lipinski definition) is 1. The summed E-state index contributed by atoms with van der Waals surface area (Å²) >= 11 is 1.43. The molecule has 0 bridgehead atoms. The molecule has 0 aliphatic rings. The molecule has 2 aromatic heterocycles. The van der Waals surface area contributed by atoms with Crippen molar-refractivity contribution in [1.29, 1.82) is 0 Å². The van der Waals surface area contributed by atoms with Crippen molar-refractivity contribution >= 4 is 17.2 Å². The van der Waals surface area contributed by atoms with E-state index in [1.165, 1.54) is 11.3 Å². The third-order valence-electron chi connectivity index (χ3n) is 3.91. The van der Waals surface area contributed by atoms with E-state index in [0.29, 0.717) is 12.3 Å². The molecule has 0 aliphatic heterocycles. The first-order valence-corrected chi connectivity index (χ1v) is 9.28. The van der Waals surface area contributed by atoms with Crippen LogP contribution in [-0.4, -0.2) is 28.5 Å². The number of amides is 1. The fourth-order valence-corrected chi connectivity index (χ4v) is 3.37. The number of pyridine rings is 1. The Morgan fingerprint density at radius 3 is 2.69 bits per heavy atom. The van der Waals surface area contributed by atoms with Crippen LogP contribution in [0.1, 0.15) is 28.5 Å². The second-order valence-corrected chi connectivity index (χ2v) is 7.04. The minimum Gasteiger partial charge on any atom is -0.491 e. The van der Waals surface area contributed by atoms with E-state index in [9.17, 15) is 4.79 Å². The van der Waals surface area contributed by atoms with E-state index < -0.39 is 0 Å². The van der Waals surface area contributed by atoms with Crippen LogP contribution in [0.15, 0.2) is 48.1 Å². The Bertz CT molecular complexity index is 873. The van der Waals surface area contributed by atoms with Crippen molar-refractivity contribution in [3.05, 3.63) is 64.9 Å². The standard InChI is InChI=1S/C20H21N3O2S/c1-13-6-4-7-14(2)18(13)25-11-15(3)22-19(24)17-12-26-20(23-17)16-8-5-9-21-10-16/h4-10,12,15H,11H2,1-3H3,(H,22,24). The van der Waals surface area contributed by atoms with Crippen LogP contribution in [-0.2, 0) is 0 Å². The van der Waals surface area contributed by atoms with Crippen molar-refractivity contribution in [2.75, 3.05) is 6.61 Å². The molecule has 1 amide bonds. The number of aromatic nitrogens is 2. The van der Waals surface area contributed by atoms with E-state index in [0.717, 1.165) is 27.4 Å². The molecular formula is C20H21N3O2S. The topological polar surface area (TPSA) is 64.1 Å². The summed E-state index contributed by atoms with van der Waals surface area (Å²) in [5.74, 6) is 0.676. The lowest BCUT2D eigenvalue weighted by Gasteiger charge is -2.17. The van der Waals surface area contributed by atoms with Crippen molar-refractivity contribution in [2.24, 2.45) is 0 Å². The zero-order valence-electron chi connectivity index (χ0n) is 15.0. The average molecular weight is 367 g/mol. The Morgan fingerprint density at radius 2 is 2.00 bits per heavy atom. The number of thiazole rings is 1. The summed E-state index contributed by atoms with van der Waals surface area (Å²) in [5.41, 5.74) is 3.49. The second-order valence-electron chi connectivity index (χ2n) is 6.19. The maximum atomic E-state index is 12.4. The van der Waals surface area contributed by atoms with Crippen LogP contribution in [0.5, 0.6) is 5.75 Å². The second kappa shape index (κ2) is 8.10. The van der Waals surface area contributed by atoms with Gasteiger partial charge in [0.15, 0.2) is 0 Å². The summed E-state index contributed by atoms with van der Waals surface area (Å²) < 4.78 is 5.90. The number of benzene rings is 1. The fraction of sp³-hybridized carbons (Fsp3) is 0.250. The Kier molecular flexibility index (Phi) is 5.63. The van der Waals surface area contributed by atoms with E-state index in [-0.39, 0.29) is 11.9 Å². The lowest BCUT2D eigenvalue weighted by molar-refractivity contribution is 0.0922. The van der Waals surface area contributed by atoms with Crippen molar-refractivity contribution in [3.8, 4) is 16.3 Å². The molecule has 1 N–H and O–H groups in total. The lowest BCUT2D eigenvalue weighted by atomic mass is 10.1.